The van der Waals surface area contributed by atoms with Crippen molar-refractivity contribution < 1.29 is 5.11 Å². The molecule has 0 saturated carbocycles. The fourth-order valence-corrected chi connectivity index (χ4v) is 2.07. The van der Waals surface area contributed by atoms with Crippen LogP contribution < -0.4 is 5.32 Å². The summed E-state index contributed by atoms with van der Waals surface area (Å²) in [6.07, 6.45) is 3.44. The van der Waals surface area contributed by atoms with Crippen molar-refractivity contribution in [2.75, 3.05) is 18.9 Å². The second-order valence-corrected chi connectivity index (χ2v) is 4.51. The average molecular weight is 227 g/mol. The van der Waals surface area contributed by atoms with Gasteiger partial charge < -0.3 is 10.4 Å². The summed E-state index contributed by atoms with van der Waals surface area (Å²) < 4.78 is 0. The van der Waals surface area contributed by atoms with Crippen LogP contribution in [0.5, 0.6) is 0 Å². The Morgan fingerprint density at radius 1 is 1.47 bits per heavy atom. The minimum atomic E-state index is -0.265. The number of likely N-dealkylation sites (N-methyl/N-ethyl adjacent to an activating group) is 1. The topological polar surface area (TPSA) is 58.0 Å². The molecule has 1 rings (SSSR count). The van der Waals surface area contributed by atoms with Crippen LogP contribution in [-0.2, 0) is 0 Å². The molecule has 1 heterocycles. The van der Waals surface area contributed by atoms with Gasteiger partial charge in [-0.05, 0) is 19.5 Å². The zero-order chi connectivity index (χ0) is 11.1. The van der Waals surface area contributed by atoms with Crippen molar-refractivity contribution in [3.63, 3.8) is 0 Å². The van der Waals surface area contributed by atoms with E-state index in [0.29, 0.717) is 0 Å². The van der Waals surface area contributed by atoms with Crippen LogP contribution in [0.1, 0.15) is 13.8 Å². The SMILES string of the molecule is CCNC(C)(CO)CSc1ncccn1. The van der Waals surface area contributed by atoms with Gasteiger partial charge in [-0.3, -0.25) is 0 Å². The van der Waals surface area contributed by atoms with Gasteiger partial charge in [0.1, 0.15) is 0 Å². The van der Waals surface area contributed by atoms with Crippen LogP contribution in [0.25, 0.3) is 0 Å². The third-order valence-corrected chi connectivity index (χ3v) is 3.26. The summed E-state index contributed by atoms with van der Waals surface area (Å²) in [5.74, 6) is 0.751. The number of hydrogen-bond acceptors (Lipinski definition) is 5. The molecule has 5 heteroatoms. The minimum absolute atomic E-state index is 0.112. The number of nitrogens with zero attached hydrogens (tertiary/aromatic N) is 2. The zero-order valence-electron chi connectivity index (χ0n) is 9.10. The maximum atomic E-state index is 9.28. The lowest BCUT2D eigenvalue weighted by atomic mass is 10.1. The summed E-state index contributed by atoms with van der Waals surface area (Å²) in [5.41, 5.74) is -0.265. The zero-order valence-corrected chi connectivity index (χ0v) is 9.92. The molecular weight excluding hydrogens is 210 g/mol. The van der Waals surface area contributed by atoms with Gasteiger partial charge in [0, 0.05) is 23.7 Å². The monoisotopic (exact) mass is 227 g/mol. The van der Waals surface area contributed by atoms with Crippen LogP contribution in [-0.4, -0.2) is 39.5 Å². The van der Waals surface area contributed by atoms with Crippen molar-refractivity contribution >= 4 is 11.8 Å². The smallest absolute Gasteiger partial charge is 0.187 e. The number of nitrogens with one attached hydrogen (secondary N) is 1. The minimum Gasteiger partial charge on any atom is -0.394 e. The highest BCUT2D eigenvalue weighted by atomic mass is 32.2. The largest absolute Gasteiger partial charge is 0.394 e. The molecule has 4 nitrogen and oxygen atoms in total. The highest BCUT2D eigenvalue weighted by Gasteiger charge is 2.22. The molecule has 1 unspecified atom stereocenters. The molecule has 0 spiro atoms. The normalized spacial score (nSPS) is 14.9. The standard InChI is InChI=1S/C10H17N3OS/c1-3-13-10(2,7-14)8-15-9-11-5-4-6-12-9/h4-6,13-14H,3,7-8H2,1-2H3. The number of hydrogen-bond donors (Lipinski definition) is 2. The summed E-state index contributed by atoms with van der Waals surface area (Å²) in [6.45, 7) is 4.97. The van der Waals surface area contributed by atoms with E-state index >= 15 is 0 Å². The third-order valence-electron chi connectivity index (χ3n) is 2.01. The lowest BCUT2D eigenvalue weighted by Gasteiger charge is -2.27. The van der Waals surface area contributed by atoms with Gasteiger partial charge in [-0.25, -0.2) is 9.97 Å². The van der Waals surface area contributed by atoms with Gasteiger partial charge in [0.15, 0.2) is 5.16 Å². The van der Waals surface area contributed by atoms with Crippen LogP contribution in [0.2, 0.25) is 0 Å². The van der Waals surface area contributed by atoms with Crippen LogP contribution in [0, 0.1) is 0 Å². The van der Waals surface area contributed by atoms with E-state index in [1.165, 1.54) is 0 Å². The van der Waals surface area contributed by atoms with E-state index in [-0.39, 0.29) is 12.1 Å². The van der Waals surface area contributed by atoms with Gasteiger partial charge >= 0.3 is 0 Å². The third kappa shape index (κ3) is 4.15. The molecule has 0 saturated heterocycles. The van der Waals surface area contributed by atoms with Crippen LogP contribution in [0.4, 0.5) is 0 Å². The lowest BCUT2D eigenvalue weighted by Crippen LogP contribution is -2.47. The molecule has 2 N–H and O–H groups in total. The molecule has 0 aromatic carbocycles. The molecule has 0 aliphatic heterocycles. The van der Waals surface area contributed by atoms with Gasteiger partial charge in [-0.2, -0.15) is 0 Å². The second-order valence-electron chi connectivity index (χ2n) is 3.57. The van der Waals surface area contributed by atoms with E-state index in [0.717, 1.165) is 17.5 Å². The van der Waals surface area contributed by atoms with Crippen molar-refractivity contribution in [3.8, 4) is 0 Å². The highest BCUT2D eigenvalue weighted by Crippen LogP contribution is 2.18. The molecule has 0 bridgehead atoms. The van der Waals surface area contributed by atoms with Crippen LogP contribution in [0.3, 0.4) is 0 Å². The Hall–Kier alpha value is -0.650. The molecule has 1 atom stereocenters. The summed E-state index contributed by atoms with van der Waals surface area (Å²) in [6, 6.07) is 1.79. The van der Waals surface area contributed by atoms with Crippen molar-refractivity contribution in [1.29, 1.82) is 0 Å². The van der Waals surface area contributed by atoms with Gasteiger partial charge in [-0.15, -0.1) is 0 Å². The van der Waals surface area contributed by atoms with E-state index in [2.05, 4.69) is 15.3 Å². The first kappa shape index (κ1) is 12.4. The van der Waals surface area contributed by atoms with Gasteiger partial charge in [0.2, 0.25) is 0 Å². The highest BCUT2D eigenvalue weighted by molar-refractivity contribution is 7.99. The molecule has 84 valence electrons. The number of aliphatic hydroxyl groups is 1. The average Bonchev–Trinajstić information content (AvgIpc) is 2.28. The predicted octanol–water partition coefficient (Wildman–Crippen LogP) is 0.929. The van der Waals surface area contributed by atoms with Gasteiger partial charge in [0.25, 0.3) is 0 Å². The lowest BCUT2D eigenvalue weighted by molar-refractivity contribution is 0.194. The molecular formula is C10H17N3OS. The van der Waals surface area contributed by atoms with Crippen molar-refractivity contribution in [2.45, 2.75) is 24.5 Å². The van der Waals surface area contributed by atoms with Gasteiger partial charge in [0.05, 0.1) is 6.61 Å². The number of rotatable bonds is 6. The Morgan fingerprint density at radius 3 is 2.67 bits per heavy atom. The fraction of sp³-hybridized carbons (Fsp3) is 0.600. The molecule has 0 aliphatic rings. The van der Waals surface area contributed by atoms with E-state index in [4.69, 9.17) is 0 Å². The Bertz CT molecular complexity index is 283. The Balaban J connectivity index is 2.47. The molecule has 0 radical (unpaired) electrons. The molecule has 1 aromatic rings. The van der Waals surface area contributed by atoms with E-state index in [9.17, 15) is 5.11 Å². The van der Waals surface area contributed by atoms with E-state index in [1.54, 1.807) is 30.2 Å². The maximum Gasteiger partial charge on any atom is 0.187 e. The van der Waals surface area contributed by atoms with Gasteiger partial charge in [-0.1, -0.05) is 18.7 Å². The fourth-order valence-electron chi connectivity index (χ4n) is 1.16. The Kier molecular flexibility index (Phi) is 5.01. The second kappa shape index (κ2) is 6.05. The number of aromatic nitrogens is 2. The maximum absolute atomic E-state index is 9.28. The molecule has 15 heavy (non-hydrogen) atoms. The number of thioether (sulfide) groups is 1. The Labute approximate surface area is 94.5 Å². The first-order valence-corrected chi connectivity index (χ1v) is 5.94. The van der Waals surface area contributed by atoms with Crippen LogP contribution >= 0.6 is 11.8 Å². The first-order chi connectivity index (χ1) is 7.20. The summed E-state index contributed by atoms with van der Waals surface area (Å²) in [7, 11) is 0. The summed E-state index contributed by atoms with van der Waals surface area (Å²) in [4.78, 5) is 8.24. The molecule has 0 amide bonds. The van der Waals surface area contributed by atoms with Crippen molar-refractivity contribution in [1.82, 2.24) is 15.3 Å². The molecule has 0 fully saturated rings. The number of aliphatic hydroxyl groups excluding tert-OH is 1. The molecule has 1 aromatic heterocycles. The van der Waals surface area contributed by atoms with E-state index < -0.39 is 0 Å². The summed E-state index contributed by atoms with van der Waals surface area (Å²) >= 11 is 1.55. The van der Waals surface area contributed by atoms with Crippen molar-refractivity contribution in [2.24, 2.45) is 0 Å². The summed E-state index contributed by atoms with van der Waals surface area (Å²) in [5, 5.41) is 13.3. The van der Waals surface area contributed by atoms with Crippen molar-refractivity contribution in [3.05, 3.63) is 18.5 Å². The van der Waals surface area contributed by atoms with E-state index in [1.807, 2.05) is 13.8 Å². The quantitative estimate of drug-likeness (QED) is 0.559. The predicted molar refractivity (Wildman–Crippen MR) is 61.9 cm³/mol. The Morgan fingerprint density at radius 2 is 2.13 bits per heavy atom. The first-order valence-electron chi connectivity index (χ1n) is 4.96. The molecule has 0 aliphatic carbocycles. The van der Waals surface area contributed by atoms with Crippen LogP contribution in [0.15, 0.2) is 23.6 Å².